The normalized spacial score (nSPS) is 16.4. The first-order chi connectivity index (χ1) is 8.65. The van der Waals surface area contributed by atoms with Crippen LogP contribution in [-0.4, -0.2) is 61.4 Å². The number of allylic oxidation sites excluding steroid dienone is 3. The lowest BCUT2D eigenvalue weighted by atomic mass is 10.3. The topological polar surface area (TPSA) is 52.7 Å². The lowest BCUT2D eigenvalue weighted by Crippen LogP contribution is -2.49. The van der Waals surface area contributed by atoms with Gasteiger partial charge in [0.2, 0.25) is 11.8 Å². The Morgan fingerprint density at radius 3 is 2.56 bits per heavy atom. The van der Waals surface area contributed by atoms with Crippen LogP contribution in [0.5, 0.6) is 0 Å². The van der Waals surface area contributed by atoms with E-state index in [1.807, 2.05) is 13.0 Å². The number of piperazine rings is 1. The van der Waals surface area contributed by atoms with E-state index in [2.05, 4.69) is 5.32 Å². The van der Waals surface area contributed by atoms with Gasteiger partial charge >= 0.3 is 0 Å². The van der Waals surface area contributed by atoms with Gasteiger partial charge in [0, 0.05) is 39.3 Å². The van der Waals surface area contributed by atoms with Crippen LogP contribution in [0.25, 0.3) is 0 Å². The molecule has 1 heterocycles. The Morgan fingerprint density at radius 2 is 1.94 bits per heavy atom. The summed E-state index contributed by atoms with van der Waals surface area (Å²) in [6.07, 6.45) is 6.76. The van der Waals surface area contributed by atoms with Crippen molar-refractivity contribution < 1.29 is 9.59 Å². The van der Waals surface area contributed by atoms with Crippen molar-refractivity contribution in [2.45, 2.75) is 6.92 Å². The minimum Gasteiger partial charge on any atom is -0.339 e. The Balaban J connectivity index is 2.40. The maximum absolute atomic E-state index is 11.9. The van der Waals surface area contributed by atoms with Crippen molar-refractivity contribution in [3.63, 3.8) is 0 Å². The molecule has 0 unspecified atom stereocenters. The van der Waals surface area contributed by atoms with E-state index in [0.29, 0.717) is 0 Å². The van der Waals surface area contributed by atoms with Crippen LogP contribution in [0.2, 0.25) is 0 Å². The Kier molecular flexibility index (Phi) is 6.14. The molecule has 1 aliphatic heterocycles. The minimum absolute atomic E-state index is 0.00628. The smallest absolute Gasteiger partial charge is 0.246 e. The van der Waals surface area contributed by atoms with E-state index in [1.54, 1.807) is 24.1 Å². The zero-order chi connectivity index (χ0) is 13.4. The largest absolute Gasteiger partial charge is 0.339 e. The first kappa shape index (κ1) is 14.4. The van der Waals surface area contributed by atoms with Crippen LogP contribution in [0.15, 0.2) is 24.3 Å². The summed E-state index contributed by atoms with van der Waals surface area (Å²) in [4.78, 5) is 26.8. The average Bonchev–Trinajstić information content (AvgIpc) is 2.39. The van der Waals surface area contributed by atoms with Gasteiger partial charge in [-0.05, 0) is 6.92 Å². The predicted octanol–water partition coefficient (Wildman–Crippen LogP) is 0.00890. The molecule has 1 aliphatic rings. The lowest BCUT2D eigenvalue weighted by molar-refractivity contribution is -0.137. The molecule has 0 radical (unpaired) electrons. The zero-order valence-electron chi connectivity index (χ0n) is 11.1. The summed E-state index contributed by atoms with van der Waals surface area (Å²) in [6.45, 7) is 5.10. The highest BCUT2D eigenvalue weighted by Gasteiger charge is 2.18. The highest BCUT2D eigenvalue weighted by molar-refractivity contribution is 5.91. The van der Waals surface area contributed by atoms with Gasteiger partial charge in [-0.1, -0.05) is 18.2 Å². The maximum Gasteiger partial charge on any atom is 0.246 e. The lowest BCUT2D eigenvalue weighted by Gasteiger charge is -2.29. The van der Waals surface area contributed by atoms with Crippen molar-refractivity contribution in [2.75, 3.05) is 39.8 Å². The van der Waals surface area contributed by atoms with E-state index in [-0.39, 0.29) is 18.4 Å². The minimum atomic E-state index is -0.156. The van der Waals surface area contributed by atoms with Crippen molar-refractivity contribution in [2.24, 2.45) is 0 Å². The molecule has 0 spiro atoms. The summed E-state index contributed by atoms with van der Waals surface area (Å²) in [6, 6.07) is 0. The second-order valence-corrected chi connectivity index (χ2v) is 4.21. The van der Waals surface area contributed by atoms with Crippen LogP contribution in [0.4, 0.5) is 0 Å². The quantitative estimate of drug-likeness (QED) is 0.565. The van der Waals surface area contributed by atoms with Gasteiger partial charge in [-0.25, -0.2) is 0 Å². The maximum atomic E-state index is 11.9. The van der Waals surface area contributed by atoms with Gasteiger partial charge in [0.25, 0.3) is 0 Å². The van der Waals surface area contributed by atoms with E-state index in [4.69, 9.17) is 0 Å². The predicted molar refractivity (Wildman–Crippen MR) is 71.0 cm³/mol. The van der Waals surface area contributed by atoms with Crippen LogP contribution in [0.1, 0.15) is 6.92 Å². The van der Waals surface area contributed by atoms with Crippen LogP contribution in [0, 0.1) is 0 Å². The SMILES string of the molecule is C/C=C/C=C/C(=O)N(C)CC(=O)N1CCNCC1. The molecule has 0 aliphatic carbocycles. The van der Waals surface area contributed by atoms with Crippen LogP contribution >= 0.6 is 0 Å². The molecule has 1 fully saturated rings. The average molecular weight is 251 g/mol. The Bertz CT molecular complexity index is 344. The van der Waals surface area contributed by atoms with E-state index < -0.39 is 0 Å². The second kappa shape index (κ2) is 7.66. The molecule has 2 amide bonds. The third-order valence-corrected chi connectivity index (χ3v) is 2.76. The molecule has 18 heavy (non-hydrogen) atoms. The van der Waals surface area contributed by atoms with Crippen molar-refractivity contribution in [3.05, 3.63) is 24.3 Å². The van der Waals surface area contributed by atoms with Crippen molar-refractivity contribution in [1.82, 2.24) is 15.1 Å². The van der Waals surface area contributed by atoms with Crippen molar-refractivity contribution in [1.29, 1.82) is 0 Å². The van der Waals surface area contributed by atoms with E-state index in [9.17, 15) is 9.59 Å². The van der Waals surface area contributed by atoms with E-state index in [0.717, 1.165) is 26.2 Å². The fraction of sp³-hybridized carbons (Fsp3) is 0.538. The highest BCUT2D eigenvalue weighted by Crippen LogP contribution is 1.96. The molecule has 0 aromatic carbocycles. The summed E-state index contributed by atoms with van der Waals surface area (Å²) >= 11 is 0. The number of amides is 2. The van der Waals surface area contributed by atoms with Gasteiger partial charge in [-0.3, -0.25) is 9.59 Å². The number of carbonyl (C=O) groups is 2. The van der Waals surface area contributed by atoms with Gasteiger partial charge in [0.15, 0.2) is 0 Å². The van der Waals surface area contributed by atoms with Crippen molar-refractivity contribution in [3.8, 4) is 0 Å². The molecule has 1 N–H and O–H groups in total. The monoisotopic (exact) mass is 251 g/mol. The fourth-order valence-corrected chi connectivity index (χ4v) is 1.67. The van der Waals surface area contributed by atoms with E-state index >= 15 is 0 Å². The molecule has 0 aromatic rings. The summed E-state index contributed by atoms with van der Waals surface area (Å²) in [5.41, 5.74) is 0. The highest BCUT2D eigenvalue weighted by atomic mass is 16.2. The third kappa shape index (κ3) is 4.71. The van der Waals surface area contributed by atoms with Crippen LogP contribution in [-0.2, 0) is 9.59 Å². The van der Waals surface area contributed by atoms with E-state index in [1.165, 1.54) is 11.0 Å². The number of carbonyl (C=O) groups excluding carboxylic acids is 2. The molecule has 5 nitrogen and oxygen atoms in total. The molecule has 0 atom stereocenters. The molecule has 0 aromatic heterocycles. The van der Waals surface area contributed by atoms with Crippen LogP contribution < -0.4 is 5.32 Å². The molecular formula is C13H21N3O2. The summed E-state index contributed by atoms with van der Waals surface area (Å²) in [5, 5.41) is 3.19. The Labute approximate surface area is 108 Å². The summed E-state index contributed by atoms with van der Waals surface area (Å²) in [5.74, 6) is -0.150. The number of likely N-dealkylation sites (N-methyl/N-ethyl adjacent to an activating group) is 1. The molecule has 100 valence electrons. The molecule has 1 saturated heterocycles. The van der Waals surface area contributed by atoms with Gasteiger partial charge in [-0.15, -0.1) is 0 Å². The third-order valence-electron chi connectivity index (χ3n) is 2.76. The number of rotatable bonds is 4. The first-order valence-electron chi connectivity index (χ1n) is 6.18. The standard InChI is InChI=1S/C13H21N3O2/c1-3-4-5-6-12(17)15(2)11-13(18)16-9-7-14-8-10-16/h3-6,14H,7-11H2,1-2H3/b4-3+,6-5+. The van der Waals surface area contributed by atoms with Gasteiger partial charge in [0.05, 0.1) is 6.54 Å². The number of hydrogen-bond donors (Lipinski definition) is 1. The number of nitrogens with one attached hydrogen (secondary N) is 1. The Hall–Kier alpha value is -1.62. The zero-order valence-corrected chi connectivity index (χ0v) is 11.1. The first-order valence-corrected chi connectivity index (χ1v) is 6.18. The van der Waals surface area contributed by atoms with Crippen LogP contribution in [0.3, 0.4) is 0 Å². The van der Waals surface area contributed by atoms with Gasteiger partial charge in [-0.2, -0.15) is 0 Å². The number of nitrogens with zero attached hydrogens (tertiary/aromatic N) is 2. The number of hydrogen-bond acceptors (Lipinski definition) is 3. The van der Waals surface area contributed by atoms with Gasteiger partial charge < -0.3 is 15.1 Å². The summed E-state index contributed by atoms with van der Waals surface area (Å²) < 4.78 is 0. The molecule has 5 heteroatoms. The molecule has 0 bridgehead atoms. The molecular weight excluding hydrogens is 230 g/mol. The Morgan fingerprint density at radius 1 is 1.28 bits per heavy atom. The van der Waals surface area contributed by atoms with Crippen molar-refractivity contribution >= 4 is 11.8 Å². The molecule has 0 saturated carbocycles. The molecule has 1 rings (SSSR count). The van der Waals surface area contributed by atoms with Gasteiger partial charge in [0.1, 0.15) is 0 Å². The summed E-state index contributed by atoms with van der Waals surface area (Å²) in [7, 11) is 1.64. The fourth-order valence-electron chi connectivity index (χ4n) is 1.67. The second-order valence-electron chi connectivity index (χ2n) is 4.21.